The van der Waals surface area contributed by atoms with Crippen LogP contribution < -0.4 is 10.1 Å². The third kappa shape index (κ3) is 2.08. The van der Waals surface area contributed by atoms with Crippen LogP contribution in [0.15, 0.2) is 48.0 Å². The van der Waals surface area contributed by atoms with E-state index in [0.29, 0.717) is 5.92 Å². The van der Waals surface area contributed by atoms with E-state index >= 15 is 0 Å². The smallest absolute Gasteiger partial charge is 0.173 e. The average Bonchev–Trinajstić information content (AvgIpc) is 3.12. The Labute approximate surface area is 155 Å². The van der Waals surface area contributed by atoms with Crippen LogP contribution in [0.25, 0.3) is 5.69 Å². The summed E-state index contributed by atoms with van der Waals surface area (Å²) in [6, 6.07) is 8.24. The van der Waals surface area contributed by atoms with Crippen molar-refractivity contribution in [1.82, 2.24) is 24.7 Å². The van der Waals surface area contributed by atoms with E-state index in [0.717, 1.165) is 22.8 Å². The molecule has 0 bridgehead atoms. The Hall–Kier alpha value is -3.20. The fourth-order valence-corrected chi connectivity index (χ4v) is 3.97. The lowest BCUT2D eigenvalue weighted by molar-refractivity contribution is 0.0809. The second kappa shape index (κ2) is 5.40. The molecule has 27 heavy (non-hydrogen) atoms. The Bertz CT molecular complexity index is 1040. The molecule has 2 aliphatic heterocycles. The average molecular weight is 362 g/mol. The molecule has 3 aromatic rings. The van der Waals surface area contributed by atoms with Crippen molar-refractivity contribution in [2.75, 3.05) is 17.2 Å². The molecule has 0 amide bonds. The van der Waals surface area contributed by atoms with Crippen LogP contribution in [-0.2, 0) is 4.74 Å². The number of aromatic nitrogens is 5. The Kier molecular flexibility index (Phi) is 2.98. The SMILES string of the molecule is COC(c1cn(N2C=NC3c4ccccc4-n4cncc4N32)nn1)C1CC1. The third-order valence-electron chi connectivity index (χ3n) is 5.40. The minimum Gasteiger partial charge on any atom is -0.375 e. The lowest BCUT2D eigenvalue weighted by Gasteiger charge is -2.36. The molecule has 1 saturated carbocycles. The summed E-state index contributed by atoms with van der Waals surface area (Å²) in [7, 11) is 1.73. The van der Waals surface area contributed by atoms with Gasteiger partial charge in [-0.25, -0.2) is 15.0 Å². The topological polar surface area (TPSA) is 76.6 Å². The Balaban J connectivity index is 1.40. The van der Waals surface area contributed by atoms with Crippen molar-refractivity contribution < 1.29 is 4.74 Å². The van der Waals surface area contributed by atoms with Gasteiger partial charge in [0.15, 0.2) is 12.0 Å². The summed E-state index contributed by atoms with van der Waals surface area (Å²) >= 11 is 0. The van der Waals surface area contributed by atoms with Gasteiger partial charge < -0.3 is 4.74 Å². The Morgan fingerprint density at radius 1 is 1.22 bits per heavy atom. The zero-order valence-electron chi connectivity index (χ0n) is 14.8. The highest BCUT2D eigenvalue weighted by atomic mass is 16.5. The molecule has 0 N–H and O–H groups in total. The summed E-state index contributed by atoms with van der Waals surface area (Å²) in [5.41, 5.74) is 3.07. The number of rotatable bonds is 4. The van der Waals surface area contributed by atoms with Crippen molar-refractivity contribution in [1.29, 1.82) is 0 Å². The van der Waals surface area contributed by atoms with Gasteiger partial charge in [0, 0.05) is 12.7 Å². The molecule has 6 rings (SSSR count). The van der Waals surface area contributed by atoms with Gasteiger partial charge in [0.1, 0.15) is 24.5 Å². The second-order valence-corrected chi connectivity index (χ2v) is 7.04. The molecule has 1 aromatic carbocycles. The number of para-hydroxylation sites is 1. The standard InChI is InChI=1S/C18H18N8O/c1-27-17(12-6-7-12)14-9-24(22-21-14)25-11-20-18-13-4-2-3-5-15(13)23-10-19-8-16(23)26(18)25/h2-5,8-12,17-18H,6-7H2,1H3. The summed E-state index contributed by atoms with van der Waals surface area (Å²) in [4.78, 5) is 10.8. The molecule has 0 saturated heterocycles. The van der Waals surface area contributed by atoms with Crippen LogP contribution >= 0.6 is 0 Å². The lowest BCUT2D eigenvalue weighted by atomic mass is 10.1. The molecule has 1 aliphatic carbocycles. The van der Waals surface area contributed by atoms with E-state index in [1.807, 2.05) is 36.0 Å². The number of benzene rings is 1. The van der Waals surface area contributed by atoms with E-state index in [1.165, 1.54) is 12.8 Å². The first-order valence-electron chi connectivity index (χ1n) is 9.04. The van der Waals surface area contributed by atoms with Crippen LogP contribution in [0.3, 0.4) is 0 Å². The number of methoxy groups -OCH3 is 1. The number of hydrogen-bond acceptors (Lipinski definition) is 7. The van der Waals surface area contributed by atoms with E-state index in [4.69, 9.17) is 9.73 Å². The molecule has 2 unspecified atom stereocenters. The number of nitrogens with zero attached hydrogens (tertiary/aromatic N) is 8. The lowest BCUT2D eigenvalue weighted by Crippen LogP contribution is -2.49. The van der Waals surface area contributed by atoms with Gasteiger partial charge in [-0.1, -0.05) is 18.2 Å². The normalized spacial score (nSPS) is 21.1. The summed E-state index contributed by atoms with van der Waals surface area (Å²) < 4.78 is 7.70. The van der Waals surface area contributed by atoms with Crippen molar-refractivity contribution in [2.24, 2.45) is 10.9 Å². The van der Waals surface area contributed by atoms with Crippen molar-refractivity contribution in [3.8, 4) is 5.69 Å². The molecule has 4 heterocycles. The quantitative estimate of drug-likeness (QED) is 0.706. The van der Waals surface area contributed by atoms with Gasteiger partial charge in [0.2, 0.25) is 0 Å². The molecule has 0 spiro atoms. The molecule has 9 heteroatoms. The summed E-state index contributed by atoms with van der Waals surface area (Å²) in [6.07, 6.45) is 9.57. The second-order valence-electron chi connectivity index (χ2n) is 7.04. The molecule has 3 aliphatic rings. The van der Waals surface area contributed by atoms with E-state index in [2.05, 4.69) is 37.0 Å². The first-order chi connectivity index (χ1) is 13.3. The van der Waals surface area contributed by atoms with E-state index in [1.54, 1.807) is 18.2 Å². The van der Waals surface area contributed by atoms with Crippen molar-refractivity contribution in [3.63, 3.8) is 0 Å². The summed E-state index contributed by atoms with van der Waals surface area (Å²) in [6.45, 7) is 0. The summed E-state index contributed by atoms with van der Waals surface area (Å²) in [5, 5.41) is 12.6. The van der Waals surface area contributed by atoms with Crippen LogP contribution in [0, 0.1) is 5.92 Å². The predicted molar refractivity (Wildman–Crippen MR) is 98.0 cm³/mol. The van der Waals surface area contributed by atoms with E-state index in [-0.39, 0.29) is 12.3 Å². The van der Waals surface area contributed by atoms with Crippen LogP contribution in [0.5, 0.6) is 0 Å². The highest BCUT2D eigenvalue weighted by Gasteiger charge is 2.40. The summed E-state index contributed by atoms with van der Waals surface area (Å²) in [5.74, 6) is 1.47. The third-order valence-corrected chi connectivity index (χ3v) is 5.40. The molecule has 2 aromatic heterocycles. The van der Waals surface area contributed by atoms with Crippen LogP contribution in [0.4, 0.5) is 5.82 Å². The number of fused-ring (bicyclic) bond motifs is 6. The fourth-order valence-electron chi connectivity index (χ4n) is 3.97. The molecule has 136 valence electrons. The maximum absolute atomic E-state index is 5.64. The van der Waals surface area contributed by atoms with Gasteiger partial charge in [-0.3, -0.25) is 4.57 Å². The Morgan fingerprint density at radius 2 is 2.11 bits per heavy atom. The minimum absolute atomic E-state index is 0.00157. The molecular formula is C18H18N8O. The van der Waals surface area contributed by atoms with Crippen LogP contribution in [-0.4, -0.2) is 38.1 Å². The first-order valence-corrected chi connectivity index (χ1v) is 9.04. The number of aliphatic imine (C=N–C) groups is 1. The Morgan fingerprint density at radius 3 is 2.96 bits per heavy atom. The number of hydrazine groups is 1. The molecular weight excluding hydrogens is 344 g/mol. The maximum Gasteiger partial charge on any atom is 0.173 e. The zero-order chi connectivity index (χ0) is 18.0. The number of ether oxygens (including phenoxy) is 1. The highest BCUT2D eigenvalue weighted by molar-refractivity contribution is 5.78. The van der Waals surface area contributed by atoms with Crippen molar-refractivity contribution >= 4 is 12.2 Å². The van der Waals surface area contributed by atoms with E-state index in [9.17, 15) is 0 Å². The van der Waals surface area contributed by atoms with Gasteiger partial charge in [0.05, 0.1) is 18.1 Å². The minimum atomic E-state index is -0.153. The molecule has 0 radical (unpaired) electrons. The van der Waals surface area contributed by atoms with Crippen LogP contribution in [0.1, 0.15) is 36.4 Å². The predicted octanol–water partition coefficient (Wildman–Crippen LogP) is 1.97. The number of anilines is 1. The van der Waals surface area contributed by atoms with Crippen LogP contribution in [0.2, 0.25) is 0 Å². The van der Waals surface area contributed by atoms with Gasteiger partial charge >= 0.3 is 0 Å². The number of hydrogen-bond donors (Lipinski definition) is 0. The fraction of sp³-hybridized carbons (Fsp3) is 0.333. The molecule has 2 atom stereocenters. The zero-order valence-corrected chi connectivity index (χ0v) is 14.8. The van der Waals surface area contributed by atoms with Gasteiger partial charge in [0.25, 0.3) is 0 Å². The maximum atomic E-state index is 5.64. The molecule has 1 fully saturated rings. The van der Waals surface area contributed by atoms with Crippen molar-refractivity contribution in [3.05, 3.63) is 54.2 Å². The molecule has 9 nitrogen and oxygen atoms in total. The van der Waals surface area contributed by atoms with Gasteiger partial charge in [-0.05, 0) is 30.0 Å². The van der Waals surface area contributed by atoms with Gasteiger partial charge in [-0.2, -0.15) is 5.12 Å². The number of imidazole rings is 1. The largest absolute Gasteiger partial charge is 0.375 e. The highest BCUT2D eigenvalue weighted by Crippen LogP contribution is 2.43. The first kappa shape index (κ1) is 14.9. The monoisotopic (exact) mass is 362 g/mol. The van der Waals surface area contributed by atoms with E-state index < -0.39 is 0 Å². The van der Waals surface area contributed by atoms with Gasteiger partial charge in [-0.15, -0.1) is 9.89 Å². The van der Waals surface area contributed by atoms with Crippen molar-refractivity contribution in [2.45, 2.75) is 25.1 Å².